The fourth-order valence-electron chi connectivity index (χ4n) is 2.60. The molecule has 0 saturated carbocycles. The largest absolute Gasteiger partial charge is 0.384 e. The minimum Gasteiger partial charge on any atom is -0.384 e. The first-order valence-electron chi connectivity index (χ1n) is 6.90. The first-order chi connectivity index (χ1) is 8.70. The molecule has 1 aliphatic heterocycles. The molecule has 1 saturated heterocycles. The summed E-state index contributed by atoms with van der Waals surface area (Å²) in [5, 5.41) is 0. The number of aromatic nitrogens is 1. The van der Waals surface area contributed by atoms with Crippen molar-refractivity contribution in [2.45, 2.75) is 32.6 Å². The van der Waals surface area contributed by atoms with E-state index in [1.54, 1.807) is 7.11 Å². The van der Waals surface area contributed by atoms with Gasteiger partial charge in [-0.1, -0.05) is 13.8 Å². The van der Waals surface area contributed by atoms with Crippen molar-refractivity contribution in [3.05, 3.63) is 24.0 Å². The maximum atomic E-state index is 5.27. The summed E-state index contributed by atoms with van der Waals surface area (Å²) in [5.41, 5.74) is 2.42. The molecule has 2 rings (SSSR count). The lowest BCUT2D eigenvalue weighted by Gasteiger charge is -2.34. The van der Waals surface area contributed by atoms with Crippen molar-refractivity contribution in [2.75, 3.05) is 31.7 Å². The quantitative estimate of drug-likeness (QED) is 0.819. The Morgan fingerprint density at radius 3 is 2.89 bits per heavy atom. The normalized spacial score (nSPS) is 20.4. The molecule has 2 heterocycles. The van der Waals surface area contributed by atoms with E-state index in [-0.39, 0.29) is 0 Å². The van der Waals surface area contributed by atoms with Crippen LogP contribution >= 0.6 is 0 Å². The lowest BCUT2D eigenvalue weighted by Crippen LogP contribution is -2.37. The standard InChI is InChI=1S/C15H24N2O/c1-12(2)15-7-6-14(9-16-15)17-8-4-5-13(10-17)11-18-3/h6-7,9,12-13H,4-5,8,10-11H2,1-3H3. The van der Waals surface area contributed by atoms with E-state index in [4.69, 9.17) is 4.74 Å². The third-order valence-corrected chi connectivity index (χ3v) is 3.65. The number of ether oxygens (including phenoxy) is 1. The van der Waals surface area contributed by atoms with Gasteiger partial charge in [-0.3, -0.25) is 4.98 Å². The third-order valence-electron chi connectivity index (χ3n) is 3.65. The lowest BCUT2D eigenvalue weighted by atomic mass is 9.98. The first kappa shape index (κ1) is 13.3. The van der Waals surface area contributed by atoms with Crippen molar-refractivity contribution < 1.29 is 4.74 Å². The highest BCUT2D eigenvalue weighted by Crippen LogP contribution is 2.23. The van der Waals surface area contributed by atoms with Crippen LogP contribution in [0, 0.1) is 5.92 Å². The van der Waals surface area contributed by atoms with E-state index in [1.807, 2.05) is 6.20 Å². The first-order valence-corrected chi connectivity index (χ1v) is 6.90. The van der Waals surface area contributed by atoms with Crippen LogP contribution < -0.4 is 4.90 Å². The van der Waals surface area contributed by atoms with E-state index in [9.17, 15) is 0 Å². The molecule has 0 spiro atoms. The van der Waals surface area contributed by atoms with Crippen LogP contribution in [0.15, 0.2) is 18.3 Å². The van der Waals surface area contributed by atoms with Crippen molar-refractivity contribution in [1.29, 1.82) is 0 Å². The van der Waals surface area contributed by atoms with Crippen molar-refractivity contribution >= 4 is 5.69 Å². The molecule has 1 unspecified atom stereocenters. The van der Waals surface area contributed by atoms with Gasteiger partial charge in [0.1, 0.15) is 0 Å². The van der Waals surface area contributed by atoms with Gasteiger partial charge in [0.2, 0.25) is 0 Å². The zero-order chi connectivity index (χ0) is 13.0. The molecule has 0 aliphatic carbocycles. The Balaban J connectivity index is 2.02. The molecule has 1 atom stereocenters. The van der Waals surface area contributed by atoms with Crippen LogP contribution in [0.3, 0.4) is 0 Å². The van der Waals surface area contributed by atoms with Gasteiger partial charge in [0.05, 0.1) is 18.5 Å². The van der Waals surface area contributed by atoms with E-state index in [0.717, 1.165) is 19.7 Å². The SMILES string of the molecule is COCC1CCCN(c2ccc(C(C)C)nc2)C1. The zero-order valence-electron chi connectivity index (χ0n) is 11.7. The average molecular weight is 248 g/mol. The molecule has 3 heteroatoms. The van der Waals surface area contributed by atoms with E-state index >= 15 is 0 Å². The van der Waals surface area contributed by atoms with Crippen LogP contribution in [0.2, 0.25) is 0 Å². The molecule has 1 fully saturated rings. The van der Waals surface area contributed by atoms with E-state index in [0.29, 0.717) is 11.8 Å². The van der Waals surface area contributed by atoms with Gasteiger partial charge in [0, 0.05) is 25.9 Å². The zero-order valence-corrected chi connectivity index (χ0v) is 11.7. The molecule has 1 aromatic heterocycles. The second-order valence-electron chi connectivity index (χ2n) is 5.51. The summed E-state index contributed by atoms with van der Waals surface area (Å²) in [4.78, 5) is 6.99. The third kappa shape index (κ3) is 3.22. The molecule has 100 valence electrons. The molecular weight excluding hydrogens is 224 g/mol. The molecule has 3 nitrogen and oxygen atoms in total. The number of piperidine rings is 1. The van der Waals surface area contributed by atoms with Crippen molar-refractivity contribution in [3.8, 4) is 0 Å². The van der Waals surface area contributed by atoms with Crippen LogP contribution in [0.25, 0.3) is 0 Å². The summed E-state index contributed by atoms with van der Waals surface area (Å²) >= 11 is 0. The predicted molar refractivity (Wildman–Crippen MR) is 75.1 cm³/mol. The van der Waals surface area contributed by atoms with Crippen molar-refractivity contribution in [3.63, 3.8) is 0 Å². The molecule has 0 N–H and O–H groups in total. The van der Waals surface area contributed by atoms with Crippen LogP contribution in [-0.4, -0.2) is 31.8 Å². The maximum absolute atomic E-state index is 5.27. The fraction of sp³-hybridized carbons (Fsp3) is 0.667. The van der Waals surface area contributed by atoms with Gasteiger partial charge in [-0.2, -0.15) is 0 Å². The second-order valence-corrected chi connectivity index (χ2v) is 5.51. The Hall–Kier alpha value is -1.09. The molecule has 1 aromatic rings. The monoisotopic (exact) mass is 248 g/mol. The highest BCUT2D eigenvalue weighted by atomic mass is 16.5. The van der Waals surface area contributed by atoms with E-state index < -0.39 is 0 Å². The Labute approximate surface area is 110 Å². The highest BCUT2D eigenvalue weighted by molar-refractivity contribution is 5.45. The highest BCUT2D eigenvalue weighted by Gasteiger charge is 2.20. The summed E-state index contributed by atoms with van der Waals surface area (Å²) in [6.07, 6.45) is 4.55. The molecular formula is C15H24N2O. The number of pyridine rings is 1. The van der Waals surface area contributed by atoms with Gasteiger partial charge in [-0.15, -0.1) is 0 Å². The fourth-order valence-corrected chi connectivity index (χ4v) is 2.60. The minimum atomic E-state index is 0.502. The van der Waals surface area contributed by atoms with Gasteiger partial charge < -0.3 is 9.64 Å². The Kier molecular flexibility index (Phi) is 4.59. The molecule has 0 aromatic carbocycles. The predicted octanol–water partition coefficient (Wildman–Crippen LogP) is 3.07. The number of anilines is 1. The molecule has 0 bridgehead atoms. The van der Waals surface area contributed by atoms with Crippen LogP contribution in [0.5, 0.6) is 0 Å². The van der Waals surface area contributed by atoms with Crippen molar-refractivity contribution in [2.24, 2.45) is 5.92 Å². The minimum absolute atomic E-state index is 0.502. The second kappa shape index (κ2) is 6.19. The van der Waals surface area contributed by atoms with Gasteiger partial charge in [0.15, 0.2) is 0 Å². The number of nitrogens with zero attached hydrogens (tertiary/aromatic N) is 2. The topological polar surface area (TPSA) is 25.4 Å². The molecule has 18 heavy (non-hydrogen) atoms. The summed E-state index contributed by atoms with van der Waals surface area (Å²) < 4.78 is 5.27. The molecule has 0 radical (unpaired) electrons. The number of hydrogen-bond donors (Lipinski definition) is 0. The number of hydrogen-bond acceptors (Lipinski definition) is 3. The summed E-state index contributed by atoms with van der Waals surface area (Å²) in [6.45, 7) is 7.46. The Bertz CT molecular complexity index is 359. The maximum Gasteiger partial charge on any atom is 0.0553 e. The summed E-state index contributed by atoms with van der Waals surface area (Å²) in [7, 11) is 1.79. The lowest BCUT2D eigenvalue weighted by molar-refractivity contribution is 0.143. The van der Waals surface area contributed by atoms with Gasteiger partial charge in [-0.05, 0) is 36.8 Å². The number of methoxy groups -OCH3 is 1. The van der Waals surface area contributed by atoms with E-state index in [2.05, 4.69) is 35.9 Å². The molecule has 0 amide bonds. The average Bonchev–Trinajstić information content (AvgIpc) is 2.39. The summed E-state index contributed by atoms with van der Waals surface area (Å²) in [6, 6.07) is 4.36. The van der Waals surface area contributed by atoms with Crippen LogP contribution in [0.4, 0.5) is 5.69 Å². The van der Waals surface area contributed by atoms with Gasteiger partial charge in [0.25, 0.3) is 0 Å². The smallest absolute Gasteiger partial charge is 0.0553 e. The Morgan fingerprint density at radius 2 is 2.28 bits per heavy atom. The Morgan fingerprint density at radius 1 is 1.44 bits per heavy atom. The van der Waals surface area contributed by atoms with E-state index in [1.165, 1.54) is 24.2 Å². The summed E-state index contributed by atoms with van der Waals surface area (Å²) in [5.74, 6) is 1.16. The van der Waals surface area contributed by atoms with Gasteiger partial charge >= 0.3 is 0 Å². The molecule has 1 aliphatic rings. The van der Waals surface area contributed by atoms with Crippen LogP contribution in [-0.2, 0) is 4.74 Å². The van der Waals surface area contributed by atoms with Gasteiger partial charge in [-0.25, -0.2) is 0 Å². The number of rotatable bonds is 4. The van der Waals surface area contributed by atoms with Crippen LogP contribution in [0.1, 0.15) is 38.3 Å². The van der Waals surface area contributed by atoms with Crippen molar-refractivity contribution in [1.82, 2.24) is 4.98 Å².